The minimum atomic E-state index is -3.94. The maximum Gasteiger partial charge on any atom is 0.326 e. The predicted molar refractivity (Wildman–Crippen MR) is 49.3 cm³/mol. The van der Waals surface area contributed by atoms with Crippen molar-refractivity contribution in [2.24, 2.45) is 5.73 Å². The lowest BCUT2D eigenvalue weighted by Crippen LogP contribution is -2.33. The van der Waals surface area contributed by atoms with E-state index in [1.54, 1.807) is 4.98 Å². The van der Waals surface area contributed by atoms with Crippen LogP contribution in [0.5, 0.6) is 0 Å². The molecule has 1 heterocycles. The fraction of sp³-hybridized carbons (Fsp3) is 0.167. The molecule has 1 amide bonds. The van der Waals surface area contributed by atoms with E-state index in [-0.39, 0.29) is 0 Å². The van der Waals surface area contributed by atoms with E-state index in [2.05, 4.69) is 0 Å². The molecule has 1 rings (SSSR count). The molecule has 82 valence electrons. The average molecular weight is 233 g/mol. The summed E-state index contributed by atoms with van der Waals surface area (Å²) in [5.41, 5.74) is 1.94. The molecule has 0 aliphatic heterocycles. The van der Waals surface area contributed by atoms with Gasteiger partial charge >= 0.3 is 5.69 Å². The molecule has 0 atom stereocenters. The highest BCUT2D eigenvalue weighted by Gasteiger charge is 2.22. The van der Waals surface area contributed by atoms with Crippen LogP contribution in [0.15, 0.2) is 14.5 Å². The van der Waals surface area contributed by atoms with Crippen LogP contribution in [0.25, 0.3) is 0 Å². The van der Waals surface area contributed by atoms with E-state index in [1.807, 2.05) is 4.98 Å². The third-order valence-corrected chi connectivity index (χ3v) is 2.65. The van der Waals surface area contributed by atoms with Gasteiger partial charge in [0.1, 0.15) is 5.69 Å². The molecule has 9 heteroatoms. The van der Waals surface area contributed by atoms with Crippen LogP contribution in [-0.4, -0.2) is 30.5 Å². The van der Waals surface area contributed by atoms with Crippen molar-refractivity contribution >= 4 is 15.7 Å². The molecule has 15 heavy (non-hydrogen) atoms. The van der Waals surface area contributed by atoms with Crippen LogP contribution in [0.4, 0.5) is 0 Å². The number of carbonyl (C=O) groups excluding carboxylic acids is 1. The Morgan fingerprint density at radius 3 is 2.20 bits per heavy atom. The fourth-order valence-corrected chi connectivity index (χ4v) is 1.91. The summed E-state index contributed by atoms with van der Waals surface area (Å²) < 4.78 is 22.3. The van der Waals surface area contributed by atoms with Crippen LogP contribution in [0.2, 0.25) is 0 Å². The van der Waals surface area contributed by atoms with E-state index < -0.39 is 37.6 Å². The highest BCUT2D eigenvalue weighted by Crippen LogP contribution is 2.04. The van der Waals surface area contributed by atoms with Crippen molar-refractivity contribution in [3.05, 3.63) is 26.5 Å². The Hall–Kier alpha value is -1.90. The topological polar surface area (TPSA) is 143 Å². The molecule has 0 spiro atoms. The van der Waals surface area contributed by atoms with Crippen molar-refractivity contribution in [3.8, 4) is 0 Å². The maximum atomic E-state index is 11.1. The summed E-state index contributed by atoms with van der Waals surface area (Å²) in [6, 6.07) is 0. The van der Waals surface area contributed by atoms with Gasteiger partial charge < -0.3 is 10.7 Å². The van der Waals surface area contributed by atoms with Crippen molar-refractivity contribution in [3.63, 3.8) is 0 Å². The summed E-state index contributed by atoms with van der Waals surface area (Å²) in [5.74, 6) is -1.20. The van der Waals surface area contributed by atoms with Gasteiger partial charge in [0.2, 0.25) is 0 Å². The fourth-order valence-electron chi connectivity index (χ4n) is 1.00. The van der Waals surface area contributed by atoms with Gasteiger partial charge in [-0.05, 0) is 0 Å². The monoisotopic (exact) mass is 233 g/mol. The lowest BCUT2D eigenvalue weighted by molar-refractivity contribution is 0.0991. The van der Waals surface area contributed by atoms with Gasteiger partial charge in [0.15, 0.2) is 14.7 Å². The SMILES string of the molecule is CS(=O)(=O)c1c(C(N)=O)[nH]c(=O)[nH]c1=O. The van der Waals surface area contributed by atoms with Crippen molar-refractivity contribution in [2.75, 3.05) is 6.26 Å². The zero-order valence-corrected chi connectivity index (χ0v) is 8.34. The Kier molecular flexibility index (Phi) is 2.50. The molecule has 0 aromatic carbocycles. The second kappa shape index (κ2) is 3.35. The third-order valence-electron chi connectivity index (χ3n) is 1.52. The molecule has 0 aliphatic rings. The third kappa shape index (κ3) is 2.13. The minimum Gasteiger partial charge on any atom is -0.364 e. The zero-order chi connectivity index (χ0) is 11.8. The van der Waals surface area contributed by atoms with E-state index in [9.17, 15) is 22.8 Å². The van der Waals surface area contributed by atoms with Gasteiger partial charge in [-0.25, -0.2) is 13.2 Å². The van der Waals surface area contributed by atoms with Gasteiger partial charge in [0.05, 0.1) is 0 Å². The number of primary amides is 1. The zero-order valence-electron chi connectivity index (χ0n) is 7.53. The molecule has 0 unspecified atom stereocenters. The molecule has 0 saturated heterocycles. The number of nitrogens with two attached hydrogens (primary N) is 1. The number of H-pyrrole nitrogens is 2. The Morgan fingerprint density at radius 1 is 1.27 bits per heavy atom. The maximum absolute atomic E-state index is 11.1. The predicted octanol–water partition coefficient (Wildman–Crippen LogP) is -2.43. The number of aromatic amines is 2. The molecule has 8 nitrogen and oxygen atoms in total. The number of aromatic nitrogens is 2. The number of amides is 1. The Bertz CT molecular complexity index is 623. The number of nitrogens with one attached hydrogen (secondary N) is 2. The Morgan fingerprint density at radius 2 is 1.80 bits per heavy atom. The quantitative estimate of drug-likeness (QED) is 0.520. The summed E-state index contributed by atoms with van der Waals surface area (Å²) in [6.45, 7) is 0. The number of rotatable bonds is 2. The highest BCUT2D eigenvalue weighted by atomic mass is 32.2. The van der Waals surface area contributed by atoms with Crippen LogP contribution < -0.4 is 17.0 Å². The normalized spacial score (nSPS) is 11.3. The van der Waals surface area contributed by atoms with E-state index in [0.29, 0.717) is 0 Å². The van der Waals surface area contributed by atoms with Crippen LogP contribution >= 0.6 is 0 Å². The molecule has 0 bridgehead atoms. The summed E-state index contributed by atoms with van der Waals surface area (Å²) in [6.07, 6.45) is 0.725. The molecule has 0 aliphatic carbocycles. The van der Waals surface area contributed by atoms with Gasteiger partial charge in [-0.3, -0.25) is 14.6 Å². The van der Waals surface area contributed by atoms with Gasteiger partial charge in [-0.15, -0.1) is 0 Å². The lowest BCUT2D eigenvalue weighted by atomic mass is 10.4. The average Bonchev–Trinajstić information content (AvgIpc) is 1.99. The summed E-state index contributed by atoms with van der Waals surface area (Å²) in [5, 5.41) is 0. The van der Waals surface area contributed by atoms with E-state index in [4.69, 9.17) is 5.73 Å². The lowest BCUT2D eigenvalue weighted by Gasteiger charge is -2.01. The first kappa shape index (κ1) is 11.2. The smallest absolute Gasteiger partial charge is 0.326 e. The molecule has 4 N–H and O–H groups in total. The second-order valence-corrected chi connectivity index (χ2v) is 4.70. The van der Waals surface area contributed by atoms with Crippen molar-refractivity contribution < 1.29 is 13.2 Å². The van der Waals surface area contributed by atoms with Crippen molar-refractivity contribution in [2.45, 2.75) is 4.90 Å². The van der Waals surface area contributed by atoms with E-state index >= 15 is 0 Å². The van der Waals surface area contributed by atoms with Crippen LogP contribution in [-0.2, 0) is 9.84 Å². The first-order valence-electron chi connectivity index (χ1n) is 3.60. The molecule has 0 saturated carbocycles. The first-order valence-corrected chi connectivity index (χ1v) is 5.49. The summed E-state index contributed by atoms with van der Waals surface area (Å²) in [7, 11) is -3.94. The number of carbonyl (C=O) groups is 1. The molecule has 1 aromatic heterocycles. The largest absolute Gasteiger partial charge is 0.364 e. The van der Waals surface area contributed by atoms with Crippen molar-refractivity contribution in [1.82, 2.24) is 9.97 Å². The van der Waals surface area contributed by atoms with Gasteiger partial charge in [0, 0.05) is 6.26 Å². The van der Waals surface area contributed by atoms with Crippen LogP contribution in [0.1, 0.15) is 10.5 Å². The van der Waals surface area contributed by atoms with Gasteiger partial charge in [-0.1, -0.05) is 0 Å². The number of sulfone groups is 1. The number of hydrogen-bond donors (Lipinski definition) is 3. The summed E-state index contributed by atoms with van der Waals surface area (Å²) in [4.78, 5) is 35.4. The van der Waals surface area contributed by atoms with E-state index in [1.165, 1.54) is 0 Å². The summed E-state index contributed by atoms with van der Waals surface area (Å²) >= 11 is 0. The Labute approximate surface area is 83.1 Å². The molecular weight excluding hydrogens is 226 g/mol. The molecule has 0 radical (unpaired) electrons. The highest BCUT2D eigenvalue weighted by molar-refractivity contribution is 7.90. The van der Waals surface area contributed by atoms with Crippen LogP contribution in [0, 0.1) is 0 Å². The standard InChI is InChI=1S/C6H7N3O5S/c1-15(13,14)3-2(4(7)10)8-6(12)9-5(3)11/h1H3,(H2,7,10)(H2,8,9,11,12). The first-order chi connectivity index (χ1) is 6.73. The second-order valence-electron chi connectivity index (χ2n) is 2.75. The molecular formula is C6H7N3O5S. The molecule has 0 fully saturated rings. The minimum absolute atomic E-state index is 0.716. The van der Waals surface area contributed by atoms with Crippen molar-refractivity contribution in [1.29, 1.82) is 0 Å². The van der Waals surface area contributed by atoms with E-state index in [0.717, 1.165) is 6.26 Å². The van der Waals surface area contributed by atoms with Gasteiger partial charge in [0.25, 0.3) is 11.5 Å². The van der Waals surface area contributed by atoms with Crippen LogP contribution in [0.3, 0.4) is 0 Å². The Balaban J connectivity index is 3.87. The number of hydrogen-bond acceptors (Lipinski definition) is 5. The molecule has 1 aromatic rings. The van der Waals surface area contributed by atoms with Gasteiger partial charge in [-0.2, -0.15) is 0 Å².